The van der Waals surface area contributed by atoms with E-state index in [0.717, 1.165) is 4.68 Å². The van der Waals surface area contributed by atoms with Crippen LogP contribution in [0.4, 0.5) is 19.0 Å². The van der Waals surface area contributed by atoms with Crippen LogP contribution in [0.2, 0.25) is 10.0 Å². The van der Waals surface area contributed by atoms with E-state index in [9.17, 15) is 18.0 Å². The predicted octanol–water partition coefficient (Wildman–Crippen LogP) is 5.32. The van der Waals surface area contributed by atoms with Gasteiger partial charge in [0, 0.05) is 5.41 Å². The smallest absolute Gasteiger partial charge is 0.382 e. The Labute approximate surface area is 179 Å². The van der Waals surface area contributed by atoms with Crippen molar-refractivity contribution in [3.63, 3.8) is 0 Å². The van der Waals surface area contributed by atoms with Crippen molar-refractivity contribution >= 4 is 45.9 Å². The topological polar surface area (TPSA) is 108 Å². The molecular formula is C17H13Cl3F3N5O. The number of rotatable bonds is 1. The van der Waals surface area contributed by atoms with Gasteiger partial charge < -0.3 is 5.73 Å². The highest BCUT2D eigenvalue weighted by Crippen LogP contribution is 2.38. The lowest BCUT2D eigenvalue weighted by atomic mass is 10.00. The summed E-state index contributed by atoms with van der Waals surface area (Å²) in [5.74, 6) is -0.248. The summed E-state index contributed by atoms with van der Waals surface area (Å²) < 4.78 is 38.9. The fourth-order valence-corrected chi connectivity index (χ4v) is 2.37. The monoisotopic (exact) mass is 465 g/mol. The zero-order valence-corrected chi connectivity index (χ0v) is 17.5. The highest BCUT2D eigenvalue weighted by molar-refractivity contribution is 6.64. The maximum Gasteiger partial charge on any atom is 0.416 e. The van der Waals surface area contributed by atoms with Crippen LogP contribution >= 0.6 is 34.8 Å². The number of benzene rings is 1. The molecule has 2 aromatic rings. The first kappa shape index (κ1) is 24.6. The minimum absolute atomic E-state index is 0.146. The maximum absolute atomic E-state index is 12.7. The number of carbonyl (C=O) groups is 1. The third kappa shape index (κ3) is 5.77. The van der Waals surface area contributed by atoms with Gasteiger partial charge in [-0.2, -0.15) is 28.8 Å². The van der Waals surface area contributed by atoms with Crippen LogP contribution < -0.4 is 5.73 Å². The van der Waals surface area contributed by atoms with Gasteiger partial charge in [-0.05, 0) is 23.7 Å². The Morgan fingerprint density at radius 1 is 1.14 bits per heavy atom. The van der Waals surface area contributed by atoms with Crippen LogP contribution in [-0.2, 0) is 11.0 Å². The van der Waals surface area contributed by atoms with Gasteiger partial charge in [0.2, 0.25) is 5.24 Å². The molecule has 29 heavy (non-hydrogen) atoms. The lowest BCUT2D eigenvalue weighted by Gasteiger charge is -2.13. The van der Waals surface area contributed by atoms with Crippen LogP contribution in [0.3, 0.4) is 0 Å². The van der Waals surface area contributed by atoms with Gasteiger partial charge in [0.1, 0.15) is 29.2 Å². The summed E-state index contributed by atoms with van der Waals surface area (Å²) in [4.78, 5) is 10.2. The van der Waals surface area contributed by atoms with E-state index >= 15 is 0 Å². The van der Waals surface area contributed by atoms with Gasteiger partial charge in [-0.1, -0.05) is 44.0 Å². The molecule has 0 amide bonds. The van der Waals surface area contributed by atoms with Crippen molar-refractivity contribution in [2.45, 2.75) is 26.9 Å². The van der Waals surface area contributed by atoms with Gasteiger partial charge in [0.15, 0.2) is 5.69 Å². The minimum Gasteiger partial charge on any atom is -0.382 e. The summed E-state index contributed by atoms with van der Waals surface area (Å²) in [5.41, 5.74) is 3.61. The lowest BCUT2D eigenvalue weighted by Crippen LogP contribution is -2.13. The highest BCUT2D eigenvalue weighted by Gasteiger charge is 2.32. The molecule has 1 aromatic heterocycles. The van der Waals surface area contributed by atoms with Crippen molar-refractivity contribution in [3.05, 3.63) is 39.0 Å². The Kier molecular flexibility index (Phi) is 7.55. The molecule has 0 saturated heterocycles. The van der Waals surface area contributed by atoms with Crippen molar-refractivity contribution in [1.29, 1.82) is 10.5 Å². The number of carbonyl (C=O) groups excluding carboxylic acids is 1. The fraction of sp³-hybridized carbons (Fsp3) is 0.294. The third-order valence-electron chi connectivity index (χ3n) is 3.28. The van der Waals surface area contributed by atoms with Crippen molar-refractivity contribution in [2.24, 2.45) is 5.41 Å². The standard InChI is InChI=1S/C12H4Cl2F3N5.C5H9ClO/c13-7-1-5(12(15,16)17)2-8(14)10(7)22-11(20)6(3-18)9(4-19)21-22;1-5(2,3)4(6)7/h1-2H,20H2;1-3H3. The molecule has 0 radical (unpaired) electrons. The van der Waals surface area contributed by atoms with Crippen LogP contribution in [0.5, 0.6) is 0 Å². The van der Waals surface area contributed by atoms with E-state index in [2.05, 4.69) is 5.10 Å². The number of aromatic nitrogens is 2. The zero-order valence-electron chi connectivity index (χ0n) is 15.2. The fourth-order valence-electron chi connectivity index (χ4n) is 1.72. The first-order valence-corrected chi connectivity index (χ1v) is 8.73. The normalized spacial score (nSPS) is 11.1. The molecule has 12 heteroatoms. The Balaban J connectivity index is 0.000000516. The molecule has 154 valence electrons. The summed E-state index contributed by atoms with van der Waals surface area (Å²) in [6.45, 7) is 5.34. The third-order valence-corrected chi connectivity index (χ3v) is 4.43. The van der Waals surface area contributed by atoms with Crippen molar-refractivity contribution in [3.8, 4) is 17.8 Å². The van der Waals surface area contributed by atoms with Crippen molar-refractivity contribution < 1.29 is 18.0 Å². The Bertz CT molecular complexity index is 1000. The molecule has 0 saturated carbocycles. The number of nitrogens with zero attached hydrogens (tertiary/aromatic N) is 4. The first-order chi connectivity index (χ1) is 13.1. The number of nitrogen functional groups attached to an aromatic ring is 1. The molecule has 0 bridgehead atoms. The summed E-state index contributed by atoms with van der Waals surface area (Å²) in [6, 6.07) is 4.64. The highest BCUT2D eigenvalue weighted by atomic mass is 35.5. The second-order valence-corrected chi connectivity index (χ2v) is 7.71. The molecule has 0 aliphatic rings. The summed E-state index contributed by atoms with van der Waals surface area (Å²) in [7, 11) is 0. The molecule has 6 nitrogen and oxygen atoms in total. The van der Waals surface area contributed by atoms with E-state index in [1.54, 1.807) is 32.9 Å². The molecule has 0 unspecified atom stereocenters. The number of nitriles is 2. The number of anilines is 1. The molecule has 0 spiro atoms. The van der Waals surface area contributed by atoms with Gasteiger partial charge in [0.05, 0.1) is 15.6 Å². The van der Waals surface area contributed by atoms with E-state index in [1.165, 1.54) is 0 Å². The maximum atomic E-state index is 12.7. The number of alkyl halides is 3. The average molecular weight is 467 g/mol. The first-order valence-electron chi connectivity index (χ1n) is 7.60. The number of hydrogen-bond donors (Lipinski definition) is 1. The second kappa shape index (κ2) is 8.91. The van der Waals surface area contributed by atoms with Crippen LogP contribution in [-0.4, -0.2) is 15.0 Å². The van der Waals surface area contributed by atoms with Gasteiger partial charge >= 0.3 is 6.18 Å². The molecule has 2 rings (SSSR count). The summed E-state index contributed by atoms with van der Waals surface area (Å²) in [6.07, 6.45) is -4.63. The van der Waals surface area contributed by atoms with Crippen molar-refractivity contribution in [1.82, 2.24) is 9.78 Å². The second-order valence-electron chi connectivity index (χ2n) is 6.55. The summed E-state index contributed by atoms with van der Waals surface area (Å²) >= 11 is 16.8. The molecular weight excluding hydrogens is 454 g/mol. The zero-order chi connectivity index (χ0) is 22.7. The number of nitrogens with two attached hydrogens (primary N) is 1. The molecule has 1 heterocycles. The van der Waals surface area contributed by atoms with E-state index < -0.39 is 11.7 Å². The average Bonchev–Trinajstić information content (AvgIpc) is 2.88. The quantitative estimate of drug-likeness (QED) is 0.572. The largest absolute Gasteiger partial charge is 0.416 e. The Morgan fingerprint density at radius 3 is 1.86 bits per heavy atom. The minimum atomic E-state index is -4.63. The number of hydrogen-bond acceptors (Lipinski definition) is 5. The van der Waals surface area contributed by atoms with Crippen LogP contribution in [0.25, 0.3) is 5.69 Å². The Hall–Kier alpha value is -2.46. The molecule has 0 aliphatic carbocycles. The van der Waals surface area contributed by atoms with Gasteiger partial charge in [-0.3, -0.25) is 4.79 Å². The summed E-state index contributed by atoms with van der Waals surface area (Å²) in [5, 5.41) is 20.5. The molecule has 0 aliphatic heterocycles. The van der Waals surface area contributed by atoms with Crippen LogP contribution in [0.1, 0.15) is 37.6 Å². The lowest BCUT2D eigenvalue weighted by molar-refractivity contribution is -0.137. The van der Waals surface area contributed by atoms with E-state index in [0.29, 0.717) is 12.1 Å². The molecule has 0 fully saturated rings. The van der Waals surface area contributed by atoms with Gasteiger partial charge in [-0.25, -0.2) is 4.68 Å². The predicted molar refractivity (Wildman–Crippen MR) is 103 cm³/mol. The van der Waals surface area contributed by atoms with E-state index in [-0.39, 0.29) is 43.5 Å². The van der Waals surface area contributed by atoms with Crippen molar-refractivity contribution in [2.75, 3.05) is 5.73 Å². The Morgan fingerprint density at radius 2 is 1.59 bits per heavy atom. The van der Waals surface area contributed by atoms with Gasteiger partial charge in [-0.15, -0.1) is 0 Å². The SMILES string of the molecule is CC(C)(C)C(=O)Cl.N#Cc1nn(-c2c(Cl)cc(C(F)(F)F)cc2Cl)c(N)c1C#N. The van der Waals surface area contributed by atoms with Gasteiger partial charge in [0.25, 0.3) is 0 Å². The van der Waals surface area contributed by atoms with E-state index in [4.69, 9.17) is 51.1 Å². The molecule has 1 aromatic carbocycles. The van der Waals surface area contributed by atoms with E-state index in [1.807, 2.05) is 0 Å². The number of halogens is 6. The van der Waals surface area contributed by atoms with Crippen LogP contribution in [0, 0.1) is 28.1 Å². The van der Waals surface area contributed by atoms with Crippen LogP contribution in [0.15, 0.2) is 12.1 Å². The molecule has 0 atom stereocenters. The molecule has 2 N–H and O–H groups in total.